The number of fused-ring (bicyclic) bond motifs is 3. The number of aromatic amines is 1. The van der Waals surface area contributed by atoms with Crippen LogP contribution in [-0.2, 0) is 15.6 Å². The number of hydrogen-bond donors (Lipinski definition) is 2. The molecule has 0 aliphatic carbocycles. The first kappa shape index (κ1) is 26.8. The van der Waals surface area contributed by atoms with E-state index in [4.69, 9.17) is 4.98 Å². The number of pyridine rings is 1. The second-order valence-electron chi connectivity index (χ2n) is 11.7. The van der Waals surface area contributed by atoms with Crippen molar-refractivity contribution >= 4 is 37.5 Å². The summed E-state index contributed by atoms with van der Waals surface area (Å²) in [6, 6.07) is 33.2. The van der Waals surface area contributed by atoms with E-state index in [9.17, 15) is 8.42 Å². The van der Waals surface area contributed by atoms with Crippen LogP contribution < -0.4 is 5.32 Å². The normalized spacial score (nSPS) is 12.2. The molecule has 6 rings (SSSR count). The molecule has 0 spiro atoms. The molecule has 0 amide bonds. The third kappa shape index (κ3) is 5.61. The molecule has 41 heavy (non-hydrogen) atoms. The quantitative estimate of drug-likeness (QED) is 0.206. The summed E-state index contributed by atoms with van der Waals surface area (Å²) >= 11 is 0. The predicted molar refractivity (Wildman–Crippen MR) is 170 cm³/mol. The lowest BCUT2D eigenvalue weighted by Gasteiger charge is -2.20. The van der Waals surface area contributed by atoms with Gasteiger partial charge in [0.2, 0.25) is 0 Å². The third-order valence-corrected chi connectivity index (χ3v) is 8.93. The Hall–Kier alpha value is -4.42. The topological polar surface area (TPSA) is 74.8 Å². The maximum absolute atomic E-state index is 13.2. The van der Waals surface area contributed by atoms with Gasteiger partial charge in [0.25, 0.3) is 0 Å². The molecule has 0 bridgehead atoms. The van der Waals surface area contributed by atoms with Gasteiger partial charge >= 0.3 is 0 Å². The number of hydrogen-bond acceptors (Lipinski definition) is 4. The lowest BCUT2D eigenvalue weighted by atomic mass is 9.92. The van der Waals surface area contributed by atoms with E-state index in [1.807, 2.05) is 48.7 Å². The zero-order chi connectivity index (χ0) is 28.6. The van der Waals surface area contributed by atoms with Crippen molar-refractivity contribution in [3.63, 3.8) is 0 Å². The predicted octanol–water partition coefficient (Wildman–Crippen LogP) is 8.48. The Kier molecular flexibility index (Phi) is 6.88. The van der Waals surface area contributed by atoms with Crippen LogP contribution in [0, 0.1) is 5.41 Å². The van der Waals surface area contributed by atoms with Gasteiger partial charge < -0.3 is 10.3 Å². The highest BCUT2D eigenvalue weighted by molar-refractivity contribution is 7.90. The van der Waals surface area contributed by atoms with Gasteiger partial charge in [0, 0.05) is 45.8 Å². The molecule has 6 aromatic rings. The molecule has 2 heterocycles. The van der Waals surface area contributed by atoms with E-state index in [0.29, 0.717) is 4.90 Å². The van der Waals surface area contributed by atoms with E-state index in [2.05, 4.69) is 67.5 Å². The molecule has 0 saturated heterocycles. The summed E-state index contributed by atoms with van der Waals surface area (Å²) in [6.45, 7) is 7.52. The highest BCUT2D eigenvalue weighted by Crippen LogP contribution is 2.41. The monoisotopic (exact) mass is 559 g/mol. The van der Waals surface area contributed by atoms with Gasteiger partial charge in [-0.25, -0.2) is 13.4 Å². The molecular formula is C35H33N3O2S. The SMILES string of the molecule is CC(C)(C)CNc1ccc(-c2cnc3[nH]c4ccc(CS(=O)(=O)c5ccccc5)cc4c3c2-c2ccccc2)cc1. The largest absolute Gasteiger partial charge is 0.385 e. The minimum absolute atomic E-state index is 0.0730. The van der Waals surface area contributed by atoms with E-state index in [1.54, 1.807) is 24.3 Å². The van der Waals surface area contributed by atoms with Crippen LogP contribution in [0.15, 0.2) is 114 Å². The maximum Gasteiger partial charge on any atom is 0.182 e. The van der Waals surface area contributed by atoms with Crippen molar-refractivity contribution in [2.24, 2.45) is 5.41 Å². The molecule has 0 aliphatic rings. The third-order valence-electron chi connectivity index (χ3n) is 7.23. The summed E-state index contributed by atoms with van der Waals surface area (Å²) in [5, 5.41) is 5.47. The van der Waals surface area contributed by atoms with Crippen molar-refractivity contribution in [2.45, 2.75) is 31.4 Å². The Bertz CT molecular complexity index is 1940. The first-order valence-corrected chi connectivity index (χ1v) is 15.4. The fraction of sp³-hybridized carbons (Fsp3) is 0.171. The zero-order valence-electron chi connectivity index (χ0n) is 23.5. The molecule has 0 fully saturated rings. The molecule has 0 aliphatic heterocycles. The number of nitrogens with one attached hydrogen (secondary N) is 2. The molecule has 0 atom stereocenters. The lowest BCUT2D eigenvalue weighted by molar-refractivity contribution is 0.443. The van der Waals surface area contributed by atoms with Crippen LogP contribution in [-0.4, -0.2) is 24.9 Å². The summed E-state index contributed by atoms with van der Waals surface area (Å²) in [6.07, 6.45) is 1.93. The number of anilines is 1. The summed E-state index contributed by atoms with van der Waals surface area (Å²) < 4.78 is 26.3. The molecule has 0 saturated carbocycles. The fourth-order valence-electron chi connectivity index (χ4n) is 5.18. The minimum atomic E-state index is -3.48. The van der Waals surface area contributed by atoms with Crippen molar-refractivity contribution in [1.29, 1.82) is 0 Å². The summed E-state index contributed by atoms with van der Waals surface area (Å²) in [4.78, 5) is 8.62. The molecule has 2 N–H and O–H groups in total. The summed E-state index contributed by atoms with van der Waals surface area (Å²) in [5.41, 5.74) is 7.93. The number of H-pyrrole nitrogens is 1. The van der Waals surface area contributed by atoms with Crippen LogP contribution in [0.25, 0.3) is 44.2 Å². The number of benzene rings is 4. The van der Waals surface area contributed by atoms with Crippen LogP contribution in [0.1, 0.15) is 26.3 Å². The molecule has 206 valence electrons. The zero-order valence-corrected chi connectivity index (χ0v) is 24.3. The standard InChI is InChI=1S/C35H33N3O2S/c1-35(2,3)23-37-27-17-15-25(16-18-27)30-21-36-34-33(32(30)26-10-6-4-7-11-26)29-20-24(14-19-31(29)38-34)22-41(39,40)28-12-8-5-9-13-28/h4-21,37H,22-23H2,1-3H3,(H,36,38). The smallest absolute Gasteiger partial charge is 0.182 e. The van der Waals surface area contributed by atoms with Gasteiger partial charge in [-0.2, -0.15) is 0 Å². The molecule has 0 unspecified atom stereocenters. The second kappa shape index (κ2) is 10.5. The Morgan fingerprint density at radius 3 is 2.17 bits per heavy atom. The number of rotatable bonds is 7. The minimum Gasteiger partial charge on any atom is -0.385 e. The van der Waals surface area contributed by atoms with Crippen molar-refractivity contribution < 1.29 is 8.42 Å². The molecule has 2 aromatic heterocycles. The first-order chi connectivity index (χ1) is 19.7. The van der Waals surface area contributed by atoms with E-state index >= 15 is 0 Å². The van der Waals surface area contributed by atoms with Crippen molar-refractivity contribution in [1.82, 2.24) is 9.97 Å². The van der Waals surface area contributed by atoms with Crippen LogP contribution >= 0.6 is 0 Å². The average molecular weight is 560 g/mol. The van der Waals surface area contributed by atoms with Gasteiger partial charge in [-0.3, -0.25) is 0 Å². The highest BCUT2D eigenvalue weighted by atomic mass is 32.2. The van der Waals surface area contributed by atoms with Crippen molar-refractivity contribution in [3.8, 4) is 22.3 Å². The van der Waals surface area contributed by atoms with Crippen molar-refractivity contribution in [3.05, 3.63) is 115 Å². The molecular weight excluding hydrogens is 526 g/mol. The second-order valence-corrected chi connectivity index (χ2v) is 13.7. The first-order valence-electron chi connectivity index (χ1n) is 13.8. The van der Waals surface area contributed by atoms with Crippen LogP contribution in [0.2, 0.25) is 0 Å². The van der Waals surface area contributed by atoms with E-state index in [-0.39, 0.29) is 11.2 Å². The van der Waals surface area contributed by atoms with E-state index in [0.717, 1.165) is 62.0 Å². The maximum atomic E-state index is 13.2. The molecule has 0 radical (unpaired) electrons. The molecule has 6 heteroatoms. The Labute approximate surface area is 241 Å². The van der Waals surface area contributed by atoms with Gasteiger partial charge in [-0.15, -0.1) is 0 Å². The number of sulfone groups is 1. The lowest BCUT2D eigenvalue weighted by Crippen LogP contribution is -2.18. The van der Waals surface area contributed by atoms with Gasteiger partial charge in [-0.1, -0.05) is 87.5 Å². The number of aromatic nitrogens is 2. The number of nitrogens with zero attached hydrogens (tertiary/aromatic N) is 1. The van der Waals surface area contributed by atoms with Gasteiger partial charge in [0.1, 0.15) is 5.65 Å². The Morgan fingerprint density at radius 2 is 1.49 bits per heavy atom. The summed E-state index contributed by atoms with van der Waals surface area (Å²) in [5.74, 6) is -0.0730. The van der Waals surface area contributed by atoms with Crippen LogP contribution in [0.4, 0.5) is 5.69 Å². The van der Waals surface area contributed by atoms with Gasteiger partial charge in [0.05, 0.1) is 10.6 Å². The van der Waals surface area contributed by atoms with Crippen LogP contribution in [0.3, 0.4) is 0 Å². The Morgan fingerprint density at radius 1 is 0.805 bits per heavy atom. The van der Waals surface area contributed by atoms with E-state index < -0.39 is 9.84 Å². The average Bonchev–Trinajstić information content (AvgIpc) is 3.34. The van der Waals surface area contributed by atoms with Crippen molar-refractivity contribution in [2.75, 3.05) is 11.9 Å². The van der Waals surface area contributed by atoms with Crippen LogP contribution in [0.5, 0.6) is 0 Å². The Balaban J connectivity index is 1.49. The van der Waals surface area contributed by atoms with E-state index in [1.165, 1.54) is 0 Å². The highest BCUT2D eigenvalue weighted by Gasteiger charge is 2.20. The summed E-state index contributed by atoms with van der Waals surface area (Å²) in [7, 11) is -3.48. The van der Waals surface area contributed by atoms with Gasteiger partial charge in [0.15, 0.2) is 9.84 Å². The molecule has 5 nitrogen and oxygen atoms in total. The fourth-order valence-corrected chi connectivity index (χ4v) is 6.54. The molecule has 4 aromatic carbocycles. The van der Waals surface area contributed by atoms with Gasteiger partial charge in [-0.05, 0) is 58.5 Å².